The first-order chi connectivity index (χ1) is 14.9. The van der Waals surface area contributed by atoms with Gasteiger partial charge in [-0.3, -0.25) is 9.69 Å². The molecule has 0 radical (unpaired) electrons. The number of halogens is 3. The van der Waals surface area contributed by atoms with Crippen LogP contribution in [0, 0.1) is 5.92 Å². The first-order valence-corrected chi connectivity index (χ1v) is 12.2. The van der Waals surface area contributed by atoms with Crippen LogP contribution in [0.25, 0.3) is 10.9 Å². The molecule has 2 aromatic rings. The molecule has 0 N–H and O–H groups in total. The van der Waals surface area contributed by atoms with Crippen molar-refractivity contribution < 1.29 is 13.6 Å². The largest absolute Gasteiger partial charge is 0.345 e. The van der Waals surface area contributed by atoms with E-state index in [1.54, 1.807) is 0 Å². The summed E-state index contributed by atoms with van der Waals surface area (Å²) in [7, 11) is 0. The van der Waals surface area contributed by atoms with Gasteiger partial charge in [0.25, 0.3) is 0 Å². The molecule has 0 bridgehead atoms. The maximum Gasteiger partial charge on any atom is 0.248 e. The fraction of sp³-hybridized carbons (Fsp3) is 0.640. The van der Waals surface area contributed by atoms with Gasteiger partial charge in [0.15, 0.2) is 5.78 Å². The van der Waals surface area contributed by atoms with E-state index in [1.807, 2.05) is 18.3 Å². The van der Waals surface area contributed by atoms with E-state index in [9.17, 15) is 13.6 Å². The molecule has 6 heteroatoms. The minimum absolute atomic E-state index is 0.0458. The molecule has 1 saturated heterocycles. The Labute approximate surface area is 187 Å². The molecule has 0 spiro atoms. The summed E-state index contributed by atoms with van der Waals surface area (Å²) in [5, 5.41) is 1.46. The van der Waals surface area contributed by atoms with Crippen molar-refractivity contribution in [1.82, 2.24) is 9.47 Å². The summed E-state index contributed by atoms with van der Waals surface area (Å²) in [5.41, 5.74) is 1.72. The first-order valence-electron chi connectivity index (χ1n) is 11.9. The number of hydrogen-bond acceptors (Lipinski definition) is 2. The van der Waals surface area contributed by atoms with Gasteiger partial charge in [0.2, 0.25) is 5.92 Å². The van der Waals surface area contributed by atoms with E-state index in [4.69, 9.17) is 11.6 Å². The molecule has 1 aliphatic heterocycles. The molecule has 31 heavy (non-hydrogen) atoms. The van der Waals surface area contributed by atoms with Crippen molar-refractivity contribution in [3.05, 3.63) is 35.0 Å². The molecule has 3 nitrogen and oxygen atoms in total. The third-order valence-corrected chi connectivity index (χ3v) is 7.93. The number of benzene rings is 1. The Balaban J connectivity index is 1.33. The number of likely N-dealkylation sites (tertiary alicyclic amines) is 1. The monoisotopic (exact) mass is 448 g/mol. The van der Waals surface area contributed by atoms with E-state index in [0.717, 1.165) is 23.5 Å². The molecule has 168 valence electrons. The highest BCUT2D eigenvalue weighted by atomic mass is 35.5. The van der Waals surface area contributed by atoms with E-state index in [0.29, 0.717) is 42.3 Å². The van der Waals surface area contributed by atoms with Gasteiger partial charge in [-0.05, 0) is 69.5 Å². The van der Waals surface area contributed by atoms with Gasteiger partial charge in [-0.15, -0.1) is 0 Å². The Hall–Kier alpha value is -1.46. The fourth-order valence-corrected chi connectivity index (χ4v) is 5.97. The molecule has 3 aliphatic rings. The number of Topliss-reactive ketones (excluding diaryl/α,β-unsaturated/α-hetero) is 1. The van der Waals surface area contributed by atoms with E-state index in [2.05, 4.69) is 15.5 Å². The van der Waals surface area contributed by atoms with Crippen molar-refractivity contribution in [1.29, 1.82) is 0 Å². The van der Waals surface area contributed by atoms with Gasteiger partial charge in [0.1, 0.15) is 0 Å². The molecule has 3 fully saturated rings. The Morgan fingerprint density at radius 2 is 1.90 bits per heavy atom. The van der Waals surface area contributed by atoms with Crippen molar-refractivity contribution in [3.63, 3.8) is 0 Å². The Bertz CT molecular complexity index is 958. The minimum Gasteiger partial charge on any atom is -0.345 e. The van der Waals surface area contributed by atoms with E-state index in [1.165, 1.54) is 32.2 Å². The molecular formula is C25H31ClF2N2O. The highest BCUT2D eigenvalue weighted by Crippen LogP contribution is 2.39. The Morgan fingerprint density at radius 1 is 1.13 bits per heavy atom. The van der Waals surface area contributed by atoms with E-state index >= 15 is 0 Å². The number of carbonyl (C=O) groups excluding carboxylic acids is 1. The van der Waals surface area contributed by atoms with Crippen LogP contribution >= 0.6 is 11.6 Å². The molecule has 1 atom stereocenters. The summed E-state index contributed by atoms with van der Waals surface area (Å²) in [4.78, 5) is 15.8. The van der Waals surface area contributed by atoms with Gasteiger partial charge < -0.3 is 4.57 Å². The van der Waals surface area contributed by atoms with Crippen LogP contribution in [0.15, 0.2) is 24.4 Å². The number of hydrogen-bond donors (Lipinski definition) is 0. The second kappa shape index (κ2) is 8.47. The number of alkyl halides is 2. The summed E-state index contributed by atoms with van der Waals surface area (Å²) in [6.07, 6.45) is 9.09. The zero-order valence-corrected chi connectivity index (χ0v) is 18.7. The minimum atomic E-state index is -2.52. The van der Waals surface area contributed by atoms with Crippen LogP contribution in [-0.2, 0) is 6.54 Å². The van der Waals surface area contributed by atoms with Gasteiger partial charge in [-0.1, -0.05) is 17.7 Å². The number of aromatic nitrogens is 1. The summed E-state index contributed by atoms with van der Waals surface area (Å²) >= 11 is 6.55. The van der Waals surface area contributed by atoms with Crippen LogP contribution in [0.3, 0.4) is 0 Å². The van der Waals surface area contributed by atoms with Crippen LogP contribution in [0.2, 0.25) is 5.02 Å². The normalized spacial score (nSPS) is 24.8. The quantitative estimate of drug-likeness (QED) is 0.440. The smallest absolute Gasteiger partial charge is 0.248 e. The summed E-state index contributed by atoms with van der Waals surface area (Å²) in [6, 6.07) is 7.12. The van der Waals surface area contributed by atoms with Crippen molar-refractivity contribution in [2.24, 2.45) is 5.92 Å². The average Bonchev–Trinajstić information content (AvgIpc) is 3.37. The lowest BCUT2D eigenvalue weighted by molar-refractivity contribution is -0.0464. The predicted octanol–water partition coefficient (Wildman–Crippen LogP) is 6.71. The maximum atomic E-state index is 13.4. The summed E-state index contributed by atoms with van der Waals surface area (Å²) in [6.45, 7) is 2.07. The third kappa shape index (κ3) is 4.54. The standard InChI is InChI=1S/C25H31ClF2N2O/c26-21-4-1-5-22-24(21)20(23(31)9-6-17-10-12-25(27,28)13-11-17)16-29(22)15-19-3-2-14-30(19)18-7-8-18/h1,4-5,16-19H,2-3,6-15H2. The second-order valence-corrected chi connectivity index (χ2v) is 10.3. The second-order valence-electron chi connectivity index (χ2n) is 9.86. The van der Waals surface area contributed by atoms with Crippen LogP contribution < -0.4 is 0 Å². The van der Waals surface area contributed by atoms with Gasteiger partial charge in [0.05, 0.1) is 10.5 Å². The highest BCUT2D eigenvalue weighted by Gasteiger charge is 2.37. The van der Waals surface area contributed by atoms with Gasteiger partial charge in [-0.2, -0.15) is 0 Å². The third-order valence-electron chi connectivity index (χ3n) is 7.62. The van der Waals surface area contributed by atoms with Gasteiger partial charge in [0, 0.05) is 55.0 Å². The van der Waals surface area contributed by atoms with E-state index < -0.39 is 5.92 Å². The topological polar surface area (TPSA) is 25.2 Å². The highest BCUT2D eigenvalue weighted by molar-refractivity contribution is 6.37. The number of fused-ring (bicyclic) bond motifs is 1. The van der Waals surface area contributed by atoms with Crippen molar-refractivity contribution in [2.45, 2.75) is 88.8 Å². The summed E-state index contributed by atoms with van der Waals surface area (Å²) in [5.74, 6) is -2.21. The molecule has 1 unspecified atom stereocenters. The van der Waals surface area contributed by atoms with Crippen LogP contribution in [0.5, 0.6) is 0 Å². The zero-order chi connectivity index (χ0) is 21.6. The SMILES string of the molecule is O=C(CCC1CCC(F)(F)CC1)c1cn(CC2CCCN2C2CC2)c2cccc(Cl)c12. The fourth-order valence-electron chi connectivity index (χ4n) is 5.70. The molecule has 2 heterocycles. The number of rotatable bonds is 7. The molecule has 5 rings (SSSR count). The van der Waals surface area contributed by atoms with Gasteiger partial charge in [-0.25, -0.2) is 8.78 Å². The van der Waals surface area contributed by atoms with Gasteiger partial charge >= 0.3 is 0 Å². The van der Waals surface area contributed by atoms with E-state index in [-0.39, 0.29) is 24.5 Å². The first kappa shape index (κ1) is 21.4. The number of nitrogens with zero attached hydrogens (tertiary/aromatic N) is 2. The van der Waals surface area contributed by atoms with Crippen molar-refractivity contribution in [3.8, 4) is 0 Å². The lowest BCUT2D eigenvalue weighted by atomic mass is 9.83. The molecule has 1 aromatic carbocycles. The number of carbonyl (C=O) groups is 1. The van der Waals surface area contributed by atoms with Crippen LogP contribution in [0.1, 0.15) is 74.6 Å². The lowest BCUT2D eigenvalue weighted by Crippen LogP contribution is -2.34. The molecule has 2 aliphatic carbocycles. The molecule has 1 aromatic heterocycles. The van der Waals surface area contributed by atoms with Crippen molar-refractivity contribution in [2.75, 3.05) is 6.54 Å². The van der Waals surface area contributed by atoms with Crippen molar-refractivity contribution >= 4 is 28.3 Å². The van der Waals surface area contributed by atoms with Crippen LogP contribution in [-0.4, -0.2) is 39.8 Å². The lowest BCUT2D eigenvalue weighted by Gasteiger charge is -2.27. The summed E-state index contributed by atoms with van der Waals surface area (Å²) < 4.78 is 29.1. The number of ketones is 1. The Kier molecular flexibility index (Phi) is 5.85. The average molecular weight is 449 g/mol. The molecule has 2 saturated carbocycles. The molecule has 0 amide bonds. The van der Waals surface area contributed by atoms with Crippen LogP contribution in [0.4, 0.5) is 8.78 Å². The zero-order valence-electron chi connectivity index (χ0n) is 18.0. The molecular weight excluding hydrogens is 418 g/mol. The maximum absolute atomic E-state index is 13.4. The Morgan fingerprint density at radius 3 is 2.65 bits per heavy atom. The predicted molar refractivity (Wildman–Crippen MR) is 120 cm³/mol.